The number of hydrogen-bond donors (Lipinski definition) is 2. The second kappa shape index (κ2) is 12.0. The van der Waals surface area contributed by atoms with Crippen molar-refractivity contribution in [1.29, 1.82) is 0 Å². The average molecular weight is 640 g/mol. The van der Waals surface area contributed by atoms with Gasteiger partial charge in [-0.25, -0.2) is 9.79 Å². The maximum atomic E-state index is 13.3. The van der Waals surface area contributed by atoms with Gasteiger partial charge < -0.3 is 14.6 Å². The third kappa shape index (κ3) is 7.28. The van der Waals surface area contributed by atoms with E-state index in [2.05, 4.69) is 9.73 Å². The number of nitrogens with zero attached hydrogens (tertiary/aromatic N) is 2. The van der Waals surface area contributed by atoms with Crippen LogP contribution in [0.5, 0.6) is 11.5 Å². The Kier molecular flexibility index (Phi) is 9.00. The summed E-state index contributed by atoms with van der Waals surface area (Å²) in [5.41, 5.74) is -1.61. The molecule has 0 spiro atoms. The Morgan fingerprint density at radius 3 is 2.43 bits per heavy atom. The molecule has 4 rings (SSSR count). The van der Waals surface area contributed by atoms with E-state index in [-0.39, 0.29) is 52.1 Å². The number of aromatic amines is 1. The summed E-state index contributed by atoms with van der Waals surface area (Å²) in [6.45, 7) is 0.174. The van der Waals surface area contributed by atoms with Gasteiger partial charge in [-0.2, -0.15) is 13.2 Å². The van der Waals surface area contributed by atoms with E-state index in [9.17, 15) is 41.0 Å². The Morgan fingerprint density at radius 2 is 1.79 bits per heavy atom. The monoisotopic (exact) mass is 639 g/mol. The van der Waals surface area contributed by atoms with Crippen LogP contribution in [0.25, 0.3) is 0 Å². The summed E-state index contributed by atoms with van der Waals surface area (Å²) in [5.74, 6) is -2.01. The zero-order valence-corrected chi connectivity index (χ0v) is 23.0. The van der Waals surface area contributed by atoms with E-state index < -0.39 is 53.9 Å². The number of hydrogen-bond acceptors (Lipinski definition) is 6. The lowest BCUT2D eigenvalue weighted by molar-refractivity contribution is -0.275. The number of aromatic nitrogens is 2. The Morgan fingerprint density at radius 1 is 1.07 bits per heavy atom. The predicted octanol–water partition coefficient (Wildman–Crippen LogP) is 5.95. The van der Waals surface area contributed by atoms with Crippen molar-refractivity contribution in [3.63, 3.8) is 0 Å². The van der Waals surface area contributed by atoms with Gasteiger partial charge in [-0.1, -0.05) is 36.2 Å². The van der Waals surface area contributed by atoms with Gasteiger partial charge in [0.15, 0.2) is 17.6 Å². The SMILES string of the molecule is CC1CCc2c(n(CC(O)C(F)(F)F)c(=O)[nH]c2=O)N=C1c1ccc(OCc2ccc(Cl)c(Cl)c2)c(OC(F)(F)F)c1. The average Bonchev–Trinajstić information content (AvgIpc) is 3.05. The molecule has 8 nitrogen and oxygen atoms in total. The van der Waals surface area contributed by atoms with E-state index in [1.54, 1.807) is 13.0 Å². The maximum Gasteiger partial charge on any atom is 0.573 e. The number of H-pyrrole nitrogens is 1. The van der Waals surface area contributed by atoms with Crippen LogP contribution in [0.4, 0.5) is 32.2 Å². The van der Waals surface area contributed by atoms with Crippen LogP contribution < -0.4 is 20.7 Å². The molecule has 0 saturated carbocycles. The van der Waals surface area contributed by atoms with Crippen LogP contribution in [0.3, 0.4) is 0 Å². The summed E-state index contributed by atoms with van der Waals surface area (Å²) < 4.78 is 89.4. The van der Waals surface area contributed by atoms with Gasteiger partial charge in [0, 0.05) is 5.56 Å². The zero-order valence-electron chi connectivity index (χ0n) is 21.4. The molecule has 2 unspecified atom stereocenters. The number of aliphatic imine (C=N–C) groups is 1. The summed E-state index contributed by atoms with van der Waals surface area (Å²) in [6, 6.07) is 8.04. The van der Waals surface area contributed by atoms with Crippen molar-refractivity contribution in [2.45, 2.75) is 51.6 Å². The van der Waals surface area contributed by atoms with Gasteiger partial charge in [0.1, 0.15) is 12.4 Å². The van der Waals surface area contributed by atoms with Gasteiger partial charge >= 0.3 is 18.2 Å². The molecule has 1 aliphatic heterocycles. The number of benzene rings is 2. The molecule has 16 heteroatoms. The zero-order chi connectivity index (χ0) is 31.0. The minimum Gasteiger partial charge on any atom is -0.485 e. The molecule has 2 heterocycles. The number of halogens is 8. The van der Waals surface area contributed by atoms with E-state index in [0.29, 0.717) is 10.1 Å². The lowest BCUT2D eigenvalue weighted by Crippen LogP contribution is -2.39. The molecular formula is C26H21Cl2F6N3O5. The quantitative estimate of drug-likeness (QED) is 0.311. The second-order valence-electron chi connectivity index (χ2n) is 9.41. The van der Waals surface area contributed by atoms with Crippen LogP contribution in [-0.4, -0.2) is 39.0 Å². The fourth-order valence-corrected chi connectivity index (χ4v) is 4.57. The van der Waals surface area contributed by atoms with Gasteiger partial charge in [-0.15, -0.1) is 13.2 Å². The number of aliphatic hydroxyl groups excluding tert-OH is 1. The van der Waals surface area contributed by atoms with Gasteiger partial charge in [-0.3, -0.25) is 14.3 Å². The molecule has 3 aromatic rings. The normalized spacial score (nSPS) is 16.3. The first kappa shape index (κ1) is 31.4. The van der Waals surface area contributed by atoms with Crippen LogP contribution >= 0.6 is 23.2 Å². The highest BCUT2D eigenvalue weighted by Crippen LogP contribution is 2.36. The molecule has 1 aliphatic rings. The highest BCUT2D eigenvalue weighted by atomic mass is 35.5. The molecular weight excluding hydrogens is 619 g/mol. The number of fused-ring (bicyclic) bond motifs is 1. The molecule has 0 radical (unpaired) electrons. The lowest BCUT2D eigenvalue weighted by atomic mass is 9.93. The molecule has 0 fully saturated rings. The Hall–Kier alpha value is -3.49. The van der Waals surface area contributed by atoms with Crippen molar-refractivity contribution in [2.24, 2.45) is 10.9 Å². The van der Waals surface area contributed by atoms with Crippen molar-refractivity contribution >= 4 is 34.7 Å². The standard InChI is InChI=1S/C26H21Cl2F6N3O5/c1-12-2-5-15-22(37(24(40)36-23(15)39)10-20(38)25(29,30)31)35-21(12)14-4-7-18(19(9-14)42-26(32,33)34)41-11-13-3-6-16(27)17(28)8-13/h3-4,6-9,12,20,38H,2,5,10-11H2,1H3,(H,36,39,40). The third-order valence-electron chi connectivity index (χ3n) is 6.36. The van der Waals surface area contributed by atoms with E-state index in [0.717, 1.165) is 6.07 Å². The molecule has 0 bridgehead atoms. The first-order chi connectivity index (χ1) is 19.5. The van der Waals surface area contributed by atoms with Crippen molar-refractivity contribution in [3.8, 4) is 11.5 Å². The van der Waals surface area contributed by atoms with E-state index in [4.69, 9.17) is 27.9 Å². The fraction of sp³-hybridized carbons (Fsp3) is 0.346. The molecule has 2 N–H and O–H groups in total. The van der Waals surface area contributed by atoms with Crippen molar-refractivity contribution in [3.05, 3.63) is 84.0 Å². The molecule has 42 heavy (non-hydrogen) atoms. The van der Waals surface area contributed by atoms with E-state index in [1.165, 1.54) is 24.3 Å². The molecule has 1 aromatic heterocycles. The molecule has 0 aliphatic carbocycles. The van der Waals surface area contributed by atoms with Gasteiger partial charge in [0.2, 0.25) is 0 Å². The second-order valence-corrected chi connectivity index (χ2v) is 10.2. The van der Waals surface area contributed by atoms with Crippen molar-refractivity contribution in [1.82, 2.24) is 9.55 Å². The van der Waals surface area contributed by atoms with Crippen LogP contribution in [-0.2, 0) is 19.6 Å². The van der Waals surface area contributed by atoms with Gasteiger partial charge in [-0.05, 0) is 54.7 Å². The topological polar surface area (TPSA) is 106 Å². The van der Waals surface area contributed by atoms with Gasteiger partial charge in [0.05, 0.1) is 27.9 Å². The molecule has 2 atom stereocenters. The predicted molar refractivity (Wildman–Crippen MR) is 141 cm³/mol. The molecule has 0 amide bonds. The van der Waals surface area contributed by atoms with Crippen LogP contribution in [0.2, 0.25) is 10.0 Å². The highest BCUT2D eigenvalue weighted by Gasteiger charge is 2.39. The summed E-state index contributed by atoms with van der Waals surface area (Å²) >= 11 is 11.9. The minimum absolute atomic E-state index is 0.0159. The summed E-state index contributed by atoms with van der Waals surface area (Å²) in [6.07, 6.45) is -13.0. The Labute approximate surface area is 243 Å². The van der Waals surface area contributed by atoms with Crippen LogP contribution in [0, 0.1) is 5.92 Å². The van der Waals surface area contributed by atoms with Crippen LogP contribution in [0.15, 0.2) is 51.0 Å². The lowest BCUT2D eigenvalue weighted by Gasteiger charge is -2.19. The minimum atomic E-state index is -5.12. The molecule has 2 aromatic carbocycles. The Bertz CT molecular complexity index is 1630. The third-order valence-corrected chi connectivity index (χ3v) is 7.10. The fourth-order valence-electron chi connectivity index (χ4n) is 4.25. The largest absolute Gasteiger partial charge is 0.573 e. The van der Waals surface area contributed by atoms with Crippen molar-refractivity contribution < 1.29 is 40.9 Å². The Balaban J connectivity index is 1.79. The summed E-state index contributed by atoms with van der Waals surface area (Å²) in [5, 5.41) is 10.1. The highest BCUT2D eigenvalue weighted by molar-refractivity contribution is 6.42. The van der Waals surface area contributed by atoms with E-state index in [1.807, 2.05) is 4.98 Å². The summed E-state index contributed by atoms with van der Waals surface area (Å²) in [7, 11) is 0. The van der Waals surface area contributed by atoms with Crippen LogP contribution in [0.1, 0.15) is 30.0 Å². The number of rotatable bonds is 7. The van der Waals surface area contributed by atoms with Crippen molar-refractivity contribution in [2.75, 3.05) is 0 Å². The van der Waals surface area contributed by atoms with Gasteiger partial charge in [0.25, 0.3) is 5.56 Å². The number of aliphatic hydroxyl groups is 1. The first-order valence-electron chi connectivity index (χ1n) is 12.2. The summed E-state index contributed by atoms with van der Waals surface area (Å²) in [4.78, 5) is 31.2. The number of ether oxygens (including phenoxy) is 2. The van der Waals surface area contributed by atoms with E-state index >= 15 is 0 Å². The smallest absolute Gasteiger partial charge is 0.485 e. The molecule has 0 saturated heterocycles. The molecule has 226 valence electrons. The maximum absolute atomic E-state index is 13.3. The first-order valence-corrected chi connectivity index (χ1v) is 13.0. The number of nitrogens with one attached hydrogen (secondary N) is 1. The number of alkyl halides is 6.